The Labute approximate surface area is 162 Å². The van der Waals surface area contributed by atoms with E-state index >= 15 is 0 Å². The lowest BCUT2D eigenvalue weighted by atomic mass is 9.88. The number of rotatable bonds is 7. The van der Waals surface area contributed by atoms with E-state index in [1.54, 1.807) is 0 Å². The van der Waals surface area contributed by atoms with Gasteiger partial charge in [0.2, 0.25) is 0 Å². The Morgan fingerprint density at radius 1 is 0.741 bits per heavy atom. The molecule has 136 valence electrons. The second-order valence-corrected chi connectivity index (χ2v) is 6.34. The molecule has 0 aliphatic rings. The molecule has 0 aliphatic heterocycles. The van der Waals surface area contributed by atoms with Gasteiger partial charge in [0.25, 0.3) is 0 Å². The Hall–Kier alpha value is -3.06. The standard InChI is InChI=1S/C26H26O/c1-3-5-20-27-24-18-16-23(17-19-24)26(22-14-10-7-11-15-22)25(4-2)21-12-8-6-9-13-21/h3,5-19H,4,20H2,1-2H3/b5-3+,26-25-. The monoisotopic (exact) mass is 354 g/mol. The number of hydrogen-bond donors (Lipinski definition) is 0. The van der Waals surface area contributed by atoms with Gasteiger partial charge in [-0.25, -0.2) is 0 Å². The maximum absolute atomic E-state index is 5.76. The van der Waals surface area contributed by atoms with Crippen molar-refractivity contribution < 1.29 is 4.74 Å². The molecule has 0 N–H and O–H groups in total. The van der Waals surface area contributed by atoms with E-state index in [2.05, 4.69) is 91.9 Å². The Bertz CT molecular complexity index is 888. The summed E-state index contributed by atoms with van der Waals surface area (Å²) < 4.78 is 5.76. The molecule has 1 nitrogen and oxygen atoms in total. The van der Waals surface area contributed by atoms with Crippen LogP contribution in [0, 0.1) is 0 Å². The van der Waals surface area contributed by atoms with Gasteiger partial charge in [-0.3, -0.25) is 0 Å². The summed E-state index contributed by atoms with van der Waals surface area (Å²) in [6.07, 6.45) is 4.97. The predicted octanol–water partition coefficient (Wildman–Crippen LogP) is 7.01. The highest BCUT2D eigenvalue weighted by Gasteiger charge is 2.12. The quantitative estimate of drug-likeness (QED) is 0.327. The van der Waals surface area contributed by atoms with Crippen molar-refractivity contribution in [2.24, 2.45) is 0 Å². The summed E-state index contributed by atoms with van der Waals surface area (Å²) in [7, 11) is 0. The molecule has 3 rings (SSSR count). The molecule has 0 fully saturated rings. The van der Waals surface area contributed by atoms with Gasteiger partial charge in [-0.2, -0.15) is 0 Å². The van der Waals surface area contributed by atoms with Crippen LogP contribution in [0.1, 0.15) is 37.0 Å². The zero-order valence-electron chi connectivity index (χ0n) is 16.1. The van der Waals surface area contributed by atoms with Crippen LogP contribution in [0.5, 0.6) is 5.75 Å². The van der Waals surface area contributed by atoms with Crippen LogP contribution < -0.4 is 4.74 Å². The second-order valence-electron chi connectivity index (χ2n) is 6.34. The minimum absolute atomic E-state index is 0.599. The van der Waals surface area contributed by atoms with Crippen molar-refractivity contribution in [2.45, 2.75) is 20.3 Å². The van der Waals surface area contributed by atoms with Crippen LogP contribution in [0.15, 0.2) is 97.1 Å². The molecule has 0 saturated carbocycles. The van der Waals surface area contributed by atoms with Crippen molar-refractivity contribution in [3.8, 4) is 5.75 Å². The fourth-order valence-corrected chi connectivity index (χ4v) is 3.24. The molecule has 1 heteroatoms. The second kappa shape index (κ2) is 9.59. The minimum atomic E-state index is 0.599. The Kier molecular flexibility index (Phi) is 6.65. The predicted molar refractivity (Wildman–Crippen MR) is 116 cm³/mol. The van der Waals surface area contributed by atoms with Crippen LogP contribution in [-0.2, 0) is 0 Å². The van der Waals surface area contributed by atoms with Gasteiger partial charge in [0.05, 0.1) is 0 Å². The van der Waals surface area contributed by atoms with Crippen molar-refractivity contribution in [3.63, 3.8) is 0 Å². The lowest BCUT2D eigenvalue weighted by Gasteiger charge is -2.16. The zero-order chi connectivity index (χ0) is 18.9. The summed E-state index contributed by atoms with van der Waals surface area (Å²) in [5.41, 5.74) is 6.35. The van der Waals surface area contributed by atoms with Crippen LogP contribution in [0.25, 0.3) is 11.1 Å². The third-order valence-electron chi connectivity index (χ3n) is 4.56. The van der Waals surface area contributed by atoms with Crippen LogP contribution in [0.2, 0.25) is 0 Å². The van der Waals surface area contributed by atoms with E-state index in [0.29, 0.717) is 6.61 Å². The topological polar surface area (TPSA) is 9.23 Å². The van der Waals surface area contributed by atoms with Crippen molar-refractivity contribution in [2.75, 3.05) is 6.61 Å². The summed E-state index contributed by atoms with van der Waals surface area (Å²) in [4.78, 5) is 0. The lowest BCUT2D eigenvalue weighted by molar-refractivity contribution is 0.362. The van der Waals surface area contributed by atoms with Crippen LogP contribution in [0.3, 0.4) is 0 Å². The third kappa shape index (κ3) is 4.77. The van der Waals surface area contributed by atoms with Gasteiger partial charge < -0.3 is 4.74 Å². The Balaban J connectivity index is 2.07. The lowest BCUT2D eigenvalue weighted by Crippen LogP contribution is -1.96. The summed E-state index contributed by atoms with van der Waals surface area (Å²) in [6.45, 7) is 4.82. The van der Waals surface area contributed by atoms with E-state index in [-0.39, 0.29) is 0 Å². The van der Waals surface area contributed by atoms with Crippen molar-refractivity contribution in [1.82, 2.24) is 0 Å². The van der Waals surface area contributed by atoms with Crippen molar-refractivity contribution in [3.05, 3.63) is 114 Å². The van der Waals surface area contributed by atoms with E-state index in [9.17, 15) is 0 Å². The molecule has 3 aromatic rings. The fourth-order valence-electron chi connectivity index (χ4n) is 3.24. The summed E-state index contributed by atoms with van der Waals surface area (Å²) in [5.74, 6) is 0.891. The molecule has 0 radical (unpaired) electrons. The molecule has 3 aromatic carbocycles. The summed E-state index contributed by atoms with van der Waals surface area (Å²) in [6, 6.07) is 29.7. The first-order valence-electron chi connectivity index (χ1n) is 9.52. The van der Waals surface area contributed by atoms with Crippen molar-refractivity contribution in [1.29, 1.82) is 0 Å². The third-order valence-corrected chi connectivity index (χ3v) is 4.56. The highest BCUT2D eigenvalue weighted by Crippen LogP contribution is 2.34. The molecule has 0 spiro atoms. The van der Waals surface area contributed by atoms with E-state index in [1.807, 2.05) is 19.1 Å². The van der Waals surface area contributed by atoms with E-state index in [1.165, 1.54) is 27.8 Å². The van der Waals surface area contributed by atoms with Crippen LogP contribution in [0.4, 0.5) is 0 Å². The van der Waals surface area contributed by atoms with Gasteiger partial charge in [-0.15, -0.1) is 0 Å². The summed E-state index contributed by atoms with van der Waals surface area (Å²) >= 11 is 0. The van der Waals surface area contributed by atoms with E-state index < -0.39 is 0 Å². The smallest absolute Gasteiger partial charge is 0.119 e. The maximum Gasteiger partial charge on any atom is 0.119 e. The highest BCUT2D eigenvalue weighted by atomic mass is 16.5. The molecule has 0 heterocycles. The molecule has 0 saturated heterocycles. The first kappa shape index (κ1) is 18.7. The average molecular weight is 354 g/mol. The largest absolute Gasteiger partial charge is 0.490 e. The molecule has 0 aromatic heterocycles. The highest BCUT2D eigenvalue weighted by molar-refractivity contribution is 5.98. The summed E-state index contributed by atoms with van der Waals surface area (Å²) in [5, 5.41) is 0. The molecule has 0 atom stereocenters. The van der Waals surface area contributed by atoms with Gasteiger partial charge in [-0.1, -0.05) is 91.9 Å². The number of benzene rings is 3. The minimum Gasteiger partial charge on any atom is -0.490 e. The Morgan fingerprint density at radius 2 is 1.30 bits per heavy atom. The SMILES string of the molecule is C/C=C/COc1ccc(/C(=C(/CC)c2ccccc2)c2ccccc2)cc1. The first-order chi connectivity index (χ1) is 13.3. The average Bonchev–Trinajstić information content (AvgIpc) is 2.74. The van der Waals surface area contributed by atoms with E-state index in [0.717, 1.165) is 12.2 Å². The normalized spacial score (nSPS) is 12.1. The molecule has 27 heavy (non-hydrogen) atoms. The first-order valence-corrected chi connectivity index (χ1v) is 9.52. The molecular weight excluding hydrogens is 328 g/mol. The van der Waals surface area contributed by atoms with Gasteiger partial charge in [0.15, 0.2) is 0 Å². The van der Waals surface area contributed by atoms with E-state index in [4.69, 9.17) is 4.74 Å². The molecular formula is C26H26O. The number of allylic oxidation sites excluding steroid dienone is 2. The molecule has 0 amide bonds. The number of ether oxygens (including phenoxy) is 1. The Morgan fingerprint density at radius 3 is 1.85 bits per heavy atom. The molecule has 0 bridgehead atoms. The zero-order valence-corrected chi connectivity index (χ0v) is 16.1. The fraction of sp³-hybridized carbons (Fsp3) is 0.154. The van der Waals surface area contributed by atoms with Crippen LogP contribution in [-0.4, -0.2) is 6.61 Å². The molecule has 0 aliphatic carbocycles. The molecule has 0 unspecified atom stereocenters. The van der Waals surface area contributed by atoms with Gasteiger partial charge >= 0.3 is 0 Å². The van der Waals surface area contributed by atoms with Crippen LogP contribution >= 0.6 is 0 Å². The number of hydrogen-bond acceptors (Lipinski definition) is 1. The van der Waals surface area contributed by atoms with Gasteiger partial charge in [-0.05, 0) is 53.3 Å². The van der Waals surface area contributed by atoms with Crippen molar-refractivity contribution >= 4 is 11.1 Å². The maximum atomic E-state index is 5.76. The van der Waals surface area contributed by atoms with Gasteiger partial charge in [0.1, 0.15) is 12.4 Å². The van der Waals surface area contributed by atoms with Gasteiger partial charge in [0, 0.05) is 0 Å².